The first kappa shape index (κ1) is 16.2. The predicted molar refractivity (Wildman–Crippen MR) is 92.7 cm³/mol. The Morgan fingerprint density at radius 1 is 1.21 bits per heavy atom. The van der Waals surface area contributed by atoms with Crippen molar-refractivity contribution in [1.29, 1.82) is 0 Å². The van der Waals surface area contributed by atoms with Gasteiger partial charge in [0.1, 0.15) is 17.8 Å². The van der Waals surface area contributed by atoms with E-state index in [0.29, 0.717) is 17.9 Å². The van der Waals surface area contributed by atoms with Gasteiger partial charge in [-0.05, 0) is 42.2 Å². The number of benzene rings is 2. The number of para-hydroxylation sites is 1. The smallest absolute Gasteiger partial charge is 0.209 e. The molecular weight excluding hydrogens is 302 g/mol. The molecule has 1 amide bonds. The zero-order chi connectivity index (χ0) is 16.9. The third-order valence-electron chi connectivity index (χ3n) is 4.58. The third kappa shape index (κ3) is 3.32. The molecule has 0 saturated carbocycles. The molecule has 2 aromatic rings. The van der Waals surface area contributed by atoms with Crippen molar-refractivity contribution in [3.05, 3.63) is 59.2 Å². The van der Waals surface area contributed by atoms with Crippen molar-refractivity contribution in [3.63, 3.8) is 0 Å². The van der Waals surface area contributed by atoms with Crippen molar-refractivity contribution >= 4 is 12.7 Å². The van der Waals surface area contributed by atoms with Crippen LogP contribution in [0.3, 0.4) is 0 Å². The molecule has 1 atom stereocenters. The van der Waals surface area contributed by atoms with E-state index in [1.54, 1.807) is 11.0 Å². The van der Waals surface area contributed by atoms with Gasteiger partial charge in [0, 0.05) is 24.6 Å². The lowest BCUT2D eigenvalue weighted by Crippen LogP contribution is -2.17. The summed E-state index contributed by atoms with van der Waals surface area (Å²) in [4.78, 5) is 24.2. The van der Waals surface area contributed by atoms with Gasteiger partial charge in [0.25, 0.3) is 0 Å². The minimum atomic E-state index is 0.215. The Hall–Kier alpha value is -2.62. The quantitative estimate of drug-likeness (QED) is 0.760. The van der Waals surface area contributed by atoms with Crippen LogP contribution in [0.25, 0.3) is 0 Å². The molecule has 3 rings (SSSR count). The lowest BCUT2D eigenvalue weighted by Gasteiger charge is -2.15. The van der Waals surface area contributed by atoms with Crippen molar-refractivity contribution in [2.45, 2.75) is 25.7 Å². The van der Waals surface area contributed by atoms with Gasteiger partial charge in [-0.15, -0.1) is 0 Å². The van der Waals surface area contributed by atoms with Crippen LogP contribution < -0.4 is 4.74 Å². The average Bonchev–Trinajstić information content (AvgIpc) is 3.11. The predicted octanol–water partition coefficient (Wildman–Crippen LogP) is 3.80. The zero-order valence-corrected chi connectivity index (χ0v) is 13.8. The summed E-state index contributed by atoms with van der Waals surface area (Å²) in [7, 11) is 0. The first-order valence-electron chi connectivity index (χ1n) is 8.29. The van der Waals surface area contributed by atoms with Crippen molar-refractivity contribution in [1.82, 2.24) is 4.90 Å². The summed E-state index contributed by atoms with van der Waals surface area (Å²) in [5, 5.41) is 0. The number of likely N-dealkylation sites (tertiary alicyclic amines) is 1. The molecule has 0 radical (unpaired) electrons. The number of carbonyl (C=O) groups is 2. The van der Waals surface area contributed by atoms with Crippen LogP contribution >= 0.6 is 0 Å². The van der Waals surface area contributed by atoms with E-state index in [1.165, 1.54) is 0 Å². The molecule has 0 aliphatic carbocycles. The summed E-state index contributed by atoms with van der Waals surface area (Å²) in [6.45, 7) is 3.50. The fourth-order valence-corrected chi connectivity index (χ4v) is 3.25. The van der Waals surface area contributed by atoms with Gasteiger partial charge in [0.05, 0.1) is 0 Å². The minimum Gasteiger partial charge on any atom is -0.457 e. The van der Waals surface area contributed by atoms with Crippen LogP contribution in [-0.4, -0.2) is 30.7 Å². The van der Waals surface area contributed by atoms with Crippen LogP contribution in [0.4, 0.5) is 0 Å². The molecule has 2 aromatic carbocycles. The number of nitrogens with zero attached hydrogens (tertiary/aromatic N) is 1. The summed E-state index contributed by atoms with van der Waals surface area (Å²) < 4.78 is 5.98. The normalized spacial score (nSPS) is 16.9. The van der Waals surface area contributed by atoms with Crippen LogP contribution in [0.2, 0.25) is 0 Å². The summed E-state index contributed by atoms with van der Waals surface area (Å²) >= 11 is 0. The van der Waals surface area contributed by atoms with Crippen LogP contribution in [0.5, 0.6) is 11.5 Å². The highest BCUT2D eigenvalue weighted by Crippen LogP contribution is 2.32. The molecule has 1 aliphatic heterocycles. The van der Waals surface area contributed by atoms with E-state index in [0.717, 1.165) is 49.0 Å². The van der Waals surface area contributed by atoms with Crippen molar-refractivity contribution in [3.8, 4) is 11.5 Å². The van der Waals surface area contributed by atoms with Gasteiger partial charge < -0.3 is 9.64 Å². The van der Waals surface area contributed by atoms with E-state index >= 15 is 0 Å². The number of rotatable bonds is 6. The van der Waals surface area contributed by atoms with E-state index in [4.69, 9.17) is 4.74 Å². The molecule has 4 nitrogen and oxygen atoms in total. The van der Waals surface area contributed by atoms with Crippen LogP contribution in [0, 0.1) is 0 Å². The molecule has 1 fully saturated rings. The lowest BCUT2D eigenvalue weighted by atomic mass is 9.94. The molecular formula is C20H21NO3. The molecule has 1 aliphatic rings. The van der Waals surface area contributed by atoms with Gasteiger partial charge in [0.15, 0.2) is 0 Å². The first-order chi connectivity index (χ1) is 11.7. The van der Waals surface area contributed by atoms with Gasteiger partial charge in [-0.2, -0.15) is 0 Å². The fraction of sp³-hybridized carbons (Fsp3) is 0.300. The average molecular weight is 323 g/mol. The molecule has 24 heavy (non-hydrogen) atoms. The van der Waals surface area contributed by atoms with Crippen molar-refractivity contribution in [2.75, 3.05) is 13.1 Å². The maximum absolute atomic E-state index is 11.5. The Bertz CT molecular complexity index is 741. The Morgan fingerprint density at radius 2 is 2.04 bits per heavy atom. The second kappa shape index (κ2) is 7.30. The molecule has 1 unspecified atom stereocenters. The summed E-state index contributed by atoms with van der Waals surface area (Å²) in [5.41, 5.74) is 2.76. The second-order valence-corrected chi connectivity index (χ2v) is 6.06. The summed E-state index contributed by atoms with van der Waals surface area (Å²) in [6, 6.07) is 13.5. The molecule has 0 bridgehead atoms. The Morgan fingerprint density at radius 3 is 2.75 bits per heavy atom. The molecule has 4 heteroatoms. The second-order valence-electron chi connectivity index (χ2n) is 6.06. The number of amides is 1. The fourth-order valence-electron chi connectivity index (χ4n) is 3.25. The maximum atomic E-state index is 11.5. The monoisotopic (exact) mass is 323 g/mol. The number of ether oxygens (including phenoxy) is 1. The van der Waals surface area contributed by atoms with Crippen molar-refractivity contribution < 1.29 is 14.3 Å². The van der Waals surface area contributed by atoms with Crippen LogP contribution in [0.15, 0.2) is 42.5 Å². The van der Waals surface area contributed by atoms with E-state index in [-0.39, 0.29) is 5.92 Å². The Labute approximate surface area is 142 Å². The number of aryl methyl sites for hydroxylation is 1. The zero-order valence-electron chi connectivity index (χ0n) is 13.8. The van der Waals surface area contributed by atoms with Gasteiger partial charge in [-0.1, -0.05) is 31.2 Å². The van der Waals surface area contributed by atoms with Crippen molar-refractivity contribution in [2.24, 2.45) is 0 Å². The lowest BCUT2D eigenvalue weighted by molar-refractivity contribution is -0.117. The first-order valence-corrected chi connectivity index (χ1v) is 8.29. The molecule has 0 aromatic heterocycles. The molecule has 0 N–H and O–H groups in total. The number of carbonyl (C=O) groups excluding carboxylic acids is 2. The summed E-state index contributed by atoms with van der Waals surface area (Å²) in [5.74, 6) is 1.69. The standard InChI is InChI=1S/C20H21NO3/c1-2-15-5-3-4-6-20(15)24-18-7-8-19(17(11-18)13-22)16-9-10-21(12-16)14-23/h3-8,11,13-14,16H,2,9-10,12H2,1H3. The van der Waals surface area contributed by atoms with Crippen LogP contribution in [0.1, 0.15) is 40.7 Å². The largest absolute Gasteiger partial charge is 0.457 e. The van der Waals surface area contributed by atoms with E-state index < -0.39 is 0 Å². The Balaban J connectivity index is 1.84. The van der Waals surface area contributed by atoms with Gasteiger partial charge in [0.2, 0.25) is 6.41 Å². The van der Waals surface area contributed by atoms with Gasteiger partial charge >= 0.3 is 0 Å². The van der Waals surface area contributed by atoms with Gasteiger partial charge in [-0.3, -0.25) is 9.59 Å². The number of aldehydes is 1. The third-order valence-corrected chi connectivity index (χ3v) is 4.58. The van der Waals surface area contributed by atoms with E-state index in [9.17, 15) is 9.59 Å². The number of hydrogen-bond donors (Lipinski definition) is 0. The van der Waals surface area contributed by atoms with E-state index in [1.807, 2.05) is 36.4 Å². The molecule has 0 spiro atoms. The highest BCUT2D eigenvalue weighted by molar-refractivity contribution is 5.78. The maximum Gasteiger partial charge on any atom is 0.209 e. The minimum absolute atomic E-state index is 0.215. The highest BCUT2D eigenvalue weighted by atomic mass is 16.5. The van der Waals surface area contributed by atoms with E-state index in [2.05, 4.69) is 6.92 Å². The Kier molecular flexibility index (Phi) is 4.94. The molecule has 1 saturated heterocycles. The highest BCUT2D eigenvalue weighted by Gasteiger charge is 2.24. The topological polar surface area (TPSA) is 46.6 Å². The van der Waals surface area contributed by atoms with Gasteiger partial charge in [-0.25, -0.2) is 0 Å². The number of hydrogen-bond acceptors (Lipinski definition) is 3. The SMILES string of the molecule is CCc1ccccc1Oc1ccc(C2CCN(C=O)C2)c(C=O)c1. The molecule has 1 heterocycles. The van der Waals surface area contributed by atoms with Crippen LogP contribution in [-0.2, 0) is 11.2 Å². The molecule has 124 valence electrons. The summed E-state index contributed by atoms with van der Waals surface area (Å²) in [6.07, 6.45) is 3.52.